The highest BCUT2D eigenvalue weighted by Crippen LogP contribution is 2.39. The highest BCUT2D eigenvalue weighted by molar-refractivity contribution is 5.98. The number of nitrogens with zero attached hydrogens (tertiary/aromatic N) is 4. The van der Waals surface area contributed by atoms with Crippen LogP contribution in [0.2, 0.25) is 0 Å². The van der Waals surface area contributed by atoms with Gasteiger partial charge in [0.05, 0.1) is 26.9 Å². The van der Waals surface area contributed by atoms with Crippen LogP contribution in [-0.4, -0.2) is 49.7 Å². The normalized spacial score (nSPS) is 19.8. The number of rotatable bonds is 5. The van der Waals surface area contributed by atoms with E-state index in [1.807, 2.05) is 30.3 Å². The summed E-state index contributed by atoms with van der Waals surface area (Å²) in [6.07, 6.45) is 6.07. The molecule has 2 heterocycles. The lowest BCUT2D eigenvalue weighted by Crippen LogP contribution is -2.50. The lowest BCUT2D eigenvalue weighted by Gasteiger charge is -2.43. The number of Topliss-reactive ketones (excluding diaryl/α,β-unsaturated/α-hetero) is 1. The molecule has 2 aliphatic rings. The molecule has 1 N–H and O–H groups in total. The largest absolute Gasteiger partial charge is 0.497 e. The topological polar surface area (TPSA) is 170 Å². The number of piperidine rings is 2. The van der Waals surface area contributed by atoms with Crippen molar-refractivity contribution >= 4 is 22.8 Å². The quantitative estimate of drug-likeness (QED) is 0.379. The fourth-order valence-electron chi connectivity index (χ4n) is 4.55. The zero-order chi connectivity index (χ0) is 24.8. The van der Waals surface area contributed by atoms with Crippen LogP contribution in [-0.2, 0) is 0 Å². The molecule has 2 unspecified atom stereocenters. The first-order chi connectivity index (χ1) is 16.2. The molecule has 0 saturated carbocycles. The van der Waals surface area contributed by atoms with Gasteiger partial charge in [0.1, 0.15) is 0 Å². The molecule has 4 rings (SSSR count). The van der Waals surface area contributed by atoms with Crippen LogP contribution in [0.15, 0.2) is 42.5 Å². The van der Waals surface area contributed by atoms with Crippen LogP contribution in [0.5, 0.6) is 5.75 Å². The highest BCUT2D eigenvalue weighted by Gasteiger charge is 2.37. The van der Waals surface area contributed by atoms with Crippen molar-refractivity contribution in [3.63, 3.8) is 0 Å². The Morgan fingerprint density at radius 2 is 1.44 bits per heavy atom. The maximum Gasteiger partial charge on any atom is 0.324 e. The number of phenols is 1. The second-order valence-corrected chi connectivity index (χ2v) is 8.18. The van der Waals surface area contributed by atoms with Gasteiger partial charge in [0, 0.05) is 17.5 Å². The van der Waals surface area contributed by atoms with Gasteiger partial charge < -0.3 is 5.11 Å². The minimum atomic E-state index is -1.21. The first-order valence-corrected chi connectivity index (χ1v) is 10.8. The molecule has 12 nitrogen and oxygen atoms in total. The molecule has 2 aromatic carbocycles. The van der Waals surface area contributed by atoms with E-state index in [0.717, 1.165) is 12.0 Å². The Balaban J connectivity index is 0.000000192. The first-order valence-electron chi connectivity index (χ1n) is 10.8. The zero-order valence-electron chi connectivity index (χ0n) is 18.2. The summed E-state index contributed by atoms with van der Waals surface area (Å²) in [6, 6.07) is 11.2. The standard InChI is InChI=1S/C16H21NO.C6H3N3O7/c18-16(13-7-2-1-3-8-13)14-9-6-12-17-11-5-4-10-15(14)17;10-6-4(8(13)14)1-3(7(11)12)2-5(6)9(15)16/h1-3,7-8,14-15H,4-6,9-12H2;1-2,10H. The number of hydrogen-bond donors (Lipinski definition) is 1. The average molecular weight is 472 g/mol. The SMILES string of the molecule is O=C(c1ccccc1)C1CCCN2CCCCC12.O=[N+]([O-])c1cc([N+](=O)[O-])c(O)c([N+](=O)[O-])c1. The van der Waals surface area contributed by atoms with Crippen molar-refractivity contribution in [3.05, 3.63) is 78.4 Å². The van der Waals surface area contributed by atoms with Gasteiger partial charge in [-0.2, -0.15) is 0 Å². The molecule has 0 spiro atoms. The molecule has 34 heavy (non-hydrogen) atoms. The van der Waals surface area contributed by atoms with Crippen molar-refractivity contribution < 1.29 is 24.7 Å². The fourth-order valence-corrected chi connectivity index (χ4v) is 4.55. The molecule has 0 aromatic heterocycles. The van der Waals surface area contributed by atoms with Gasteiger partial charge in [0.25, 0.3) is 11.4 Å². The molecular weight excluding hydrogens is 448 g/mol. The summed E-state index contributed by atoms with van der Waals surface area (Å²) in [5.74, 6) is -0.603. The number of hydrogen-bond acceptors (Lipinski definition) is 9. The van der Waals surface area contributed by atoms with Crippen molar-refractivity contribution in [2.75, 3.05) is 13.1 Å². The predicted octanol–water partition coefficient (Wildman–Crippen LogP) is 4.25. The van der Waals surface area contributed by atoms with Crippen LogP contribution in [0.1, 0.15) is 42.5 Å². The van der Waals surface area contributed by atoms with Crippen molar-refractivity contribution in [2.45, 2.75) is 38.1 Å². The van der Waals surface area contributed by atoms with Gasteiger partial charge in [-0.15, -0.1) is 0 Å². The third kappa shape index (κ3) is 5.52. The van der Waals surface area contributed by atoms with Crippen molar-refractivity contribution in [2.24, 2.45) is 5.92 Å². The second kappa shape index (κ2) is 10.8. The lowest BCUT2D eigenvalue weighted by atomic mass is 9.79. The number of fused-ring (bicyclic) bond motifs is 1. The number of phenolic OH excluding ortho intramolecular Hbond substituents is 1. The average Bonchev–Trinajstić information content (AvgIpc) is 2.83. The molecule has 0 amide bonds. The van der Waals surface area contributed by atoms with Gasteiger partial charge in [-0.05, 0) is 38.8 Å². The molecule has 2 fully saturated rings. The van der Waals surface area contributed by atoms with Crippen LogP contribution in [0.25, 0.3) is 0 Å². The summed E-state index contributed by atoms with van der Waals surface area (Å²) in [5.41, 5.74) is -2.10. The number of nitro groups is 3. The smallest absolute Gasteiger partial charge is 0.324 e. The summed E-state index contributed by atoms with van der Waals surface area (Å²) in [7, 11) is 0. The molecule has 0 radical (unpaired) electrons. The van der Waals surface area contributed by atoms with Crippen LogP contribution in [0.4, 0.5) is 17.1 Å². The maximum atomic E-state index is 12.6. The first kappa shape index (κ1) is 24.7. The third-order valence-corrected chi connectivity index (χ3v) is 6.14. The second-order valence-electron chi connectivity index (χ2n) is 8.18. The number of carbonyl (C=O) groups excluding carboxylic acids is 1. The summed E-state index contributed by atoms with van der Waals surface area (Å²) in [6.45, 7) is 2.40. The monoisotopic (exact) mass is 472 g/mol. The minimum absolute atomic E-state index is 0.237. The van der Waals surface area contributed by atoms with E-state index >= 15 is 0 Å². The van der Waals surface area contributed by atoms with E-state index in [1.165, 1.54) is 38.8 Å². The van der Waals surface area contributed by atoms with Crippen LogP contribution in [0, 0.1) is 36.3 Å². The molecule has 0 aliphatic carbocycles. The van der Waals surface area contributed by atoms with E-state index in [0.29, 0.717) is 24.0 Å². The minimum Gasteiger partial charge on any atom is -0.497 e. The van der Waals surface area contributed by atoms with E-state index in [1.54, 1.807) is 0 Å². The number of aromatic hydroxyl groups is 1. The van der Waals surface area contributed by atoms with Gasteiger partial charge in [0.15, 0.2) is 5.78 Å². The van der Waals surface area contributed by atoms with E-state index < -0.39 is 37.6 Å². The Kier molecular flexibility index (Phi) is 7.84. The fraction of sp³-hybridized carbons (Fsp3) is 0.409. The molecule has 0 bridgehead atoms. The van der Waals surface area contributed by atoms with Gasteiger partial charge >= 0.3 is 11.4 Å². The number of benzene rings is 2. The van der Waals surface area contributed by atoms with E-state index in [-0.39, 0.29) is 5.92 Å². The highest BCUT2D eigenvalue weighted by atomic mass is 16.6. The molecule has 2 saturated heterocycles. The summed E-state index contributed by atoms with van der Waals surface area (Å²) >= 11 is 0. The maximum absolute atomic E-state index is 12.6. The molecule has 12 heteroatoms. The zero-order valence-corrected chi connectivity index (χ0v) is 18.2. The van der Waals surface area contributed by atoms with Crippen molar-refractivity contribution in [3.8, 4) is 5.75 Å². The van der Waals surface area contributed by atoms with E-state index in [4.69, 9.17) is 5.11 Å². The van der Waals surface area contributed by atoms with Gasteiger partial charge in [0.2, 0.25) is 0 Å². The molecular formula is C22H24N4O8. The molecule has 2 aromatic rings. The summed E-state index contributed by atoms with van der Waals surface area (Å²) < 4.78 is 0. The van der Waals surface area contributed by atoms with Crippen molar-refractivity contribution in [1.29, 1.82) is 0 Å². The van der Waals surface area contributed by atoms with E-state index in [2.05, 4.69) is 4.90 Å². The number of nitro benzene ring substituents is 3. The van der Waals surface area contributed by atoms with E-state index in [9.17, 15) is 35.1 Å². The molecule has 2 aliphatic heterocycles. The predicted molar refractivity (Wildman–Crippen MR) is 121 cm³/mol. The number of non-ortho nitro benzene ring substituents is 1. The van der Waals surface area contributed by atoms with Crippen molar-refractivity contribution in [1.82, 2.24) is 4.90 Å². The lowest BCUT2D eigenvalue weighted by molar-refractivity contribution is -0.404. The van der Waals surface area contributed by atoms with Gasteiger partial charge in [-0.3, -0.25) is 40.0 Å². The Morgan fingerprint density at radius 3 is 2.00 bits per heavy atom. The Labute approximate surface area is 194 Å². The van der Waals surface area contributed by atoms with Gasteiger partial charge in [-0.25, -0.2) is 0 Å². The van der Waals surface area contributed by atoms with Crippen LogP contribution < -0.4 is 0 Å². The Bertz CT molecular complexity index is 1050. The van der Waals surface area contributed by atoms with Crippen LogP contribution >= 0.6 is 0 Å². The van der Waals surface area contributed by atoms with Gasteiger partial charge in [-0.1, -0.05) is 36.8 Å². The number of carbonyl (C=O) groups is 1. The molecule has 2 atom stereocenters. The Morgan fingerprint density at radius 1 is 0.853 bits per heavy atom. The third-order valence-electron chi connectivity index (χ3n) is 6.14. The number of ketones is 1. The summed E-state index contributed by atoms with van der Waals surface area (Å²) in [4.78, 5) is 43.0. The summed E-state index contributed by atoms with van der Waals surface area (Å²) in [5, 5.41) is 40.2. The molecule has 180 valence electrons. The Hall–Kier alpha value is -3.93. The van der Waals surface area contributed by atoms with Crippen LogP contribution in [0.3, 0.4) is 0 Å².